The van der Waals surface area contributed by atoms with Gasteiger partial charge >= 0.3 is 0 Å². The van der Waals surface area contributed by atoms with E-state index in [0.29, 0.717) is 23.3 Å². The Hall–Kier alpha value is -2.68. The van der Waals surface area contributed by atoms with Crippen molar-refractivity contribution in [1.82, 2.24) is 25.1 Å². The van der Waals surface area contributed by atoms with E-state index < -0.39 is 0 Å². The number of aryl methyl sites for hydroxylation is 1. The van der Waals surface area contributed by atoms with Gasteiger partial charge in [0.05, 0.1) is 17.8 Å². The zero-order chi connectivity index (χ0) is 14.1. The molecule has 0 saturated heterocycles. The Bertz CT molecular complexity index is 733. The van der Waals surface area contributed by atoms with Crippen LogP contribution in [0, 0.1) is 6.92 Å². The maximum Gasteiger partial charge on any atom is 0.241 e. The van der Waals surface area contributed by atoms with Gasteiger partial charge in [-0.05, 0) is 13.8 Å². The van der Waals surface area contributed by atoms with Crippen molar-refractivity contribution in [3.63, 3.8) is 0 Å². The highest BCUT2D eigenvalue weighted by Gasteiger charge is 2.15. The number of H-pyrrole nitrogens is 1. The van der Waals surface area contributed by atoms with Crippen LogP contribution in [-0.4, -0.2) is 25.1 Å². The first kappa shape index (κ1) is 12.4. The van der Waals surface area contributed by atoms with Gasteiger partial charge in [-0.25, -0.2) is 10.8 Å². The Morgan fingerprint density at radius 3 is 2.90 bits per heavy atom. The second-order valence-corrected chi connectivity index (χ2v) is 4.35. The molecule has 0 bridgehead atoms. The summed E-state index contributed by atoms with van der Waals surface area (Å²) in [6.07, 6.45) is 3.32. The van der Waals surface area contributed by atoms with Crippen molar-refractivity contribution in [2.45, 2.75) is 19.9 Å². The van der Waals surface area contributed by atoms with Crippen LogP contribution in [-0.2, 0) is 0 Å². The van der Waals surface area contributed by atoms with Crippen LogP contribution in [0.25, 0.3) is 11.0 Å². The molecular formula is C11H14N8O. The van der Waals surface area contributed by atoms with E-state index >= 15 is 0 Å². The maximum absolute atomic E-state index is 5.49. The van der Waals surface area contributed by atoms with Crippen molar-refractivity contribution in [3.8, 4) is 0 Å². The van der Waals surface area contributed by atoms with Gasteiger partial charge in [0.1, 0.15) is 17.6 Å². The van der Waals surface area contributed by atoms with Crippen LogP contribution < -0.4 is 16.6 Å². The molecule has 1 atom stereocenters. The molecule has 104 valence electrons. The lowest BCUT2D eigenvalue weighted by Crippen LogP contribution is -2.14. The summed E-state index contributed by atoms with van der Waals surface area (Å²) in [6, 6.07) is -0.151. The topological polar surface area (TPSA) is 131 Å². The van der Waals surface area contributed by atoms with Crippen molar-refractivity contribution in [3.05, 3.63) is 24.0 Å². The van der Waals surface area contributed by atoms with Gasteiger partial charge in [-0.1, -0.05) is 0 Å². The third-order valence-electron chi connectivity index (χ3n) is 2.80. The first-order valence-corrected chi connectivity index (χ1v) is 6.04. The van der Waals surface area contributed by atoms with Crippen LogP contribution in [0.15, 0.2) is 16.8 Å². The number of nitrogens with two attached hydrogens (primary N) is 1. The Morgan fingerprint density at radius 2 is 2.20 bits per heavy atom. The SMILES string of the molecule is Cc1cnc(C(C)Nc2nc(NN)nc3[nH]ncc23)o1. The summed E-state index contributed by atoms with van der Waals surface area (Å²) in [7, 11) is 0. The molecule has 0 fully saturated rings. The summed E-state index contributed by atoms with van der Waals surface area (Å²) >= 11 is 0. The van der Waals surface area contributed by atoms with Crippen molar-refractivity contribution in [1.29, 1.82) is 0 Å². The number of aromatic nitrogens is 5. The average molecular weight is 274 g/mol. The van der Waals surface area contributed by atoms with Gasteiger partial charge in [0.15, 0.2) is 5.65 Å². The van der Waals surface area contributed by atoms with E-state index in [2.05, 4.69) is 35.9 Å². The van der Waals surface area contributed by atoms with E-state index in [1.165, 1.54) is 0 Å². The molecule has 0 amide bonds. The molecule has 9 heteroatoms. The number of aromatic amines is 1. The lowest BCUT2D eigenvalue weighted by Gasteiger charge is -2.12. The number of oxazole rings is 1. The molecule has 0 radical (unpaired) electrons. The van der Waals surface area contributed by atoms with Gasteiger partial charge in [-0.2, -0.15) is 15.1 Å². The number of hydrogen-bond donors (Lipinski definition) is 4. The summed E-state index contributed by atoms with van der Waals surface area (Å²) in [6.45, 7) is 3.77. The number of fused-ring (bicyclic) bond motifs is 1. The van der Waals surface area contributed by atoms with Crippen molar-refractivity contribution >= 4 is 22.8 Å². The largest absolute Gasteiger partial charge is 0.444 e. The van der Waals surface area contributed by atoms with E-state index in [1.807, 2.05) is 13.8 Å². The predicted octanol–water partition coefficient (Wildman–Crippen LogP) is 1.11. The molecule has 20 heavy (non-hydrogen) atoms. The minimum Gasteiger partial charge on any atom is -0.444 e. The summed E-state index contributed by atoms with van der Waals surface area (Å²) in [5.41, 5.74) is 3.01. The van der Waals surface area contributed by atoms with Crippen molar-refractivity contribution in [2.24, 2.45) is 5.84 Å². The first-order chi connectivity index (χ1) is 9.67. The Kier molecular flexibility index (Phi) is 2.95. The lowest BCUT2D eigenvalue weighted by atomic mass is 10.3. The van der Waals surface area contributed by atoms with Gasteiger partial charge < -0.3 is 9.73 Å². The zero-order valence-electron chi connectivity index (χ0n) is 11.0. The van der Waals surface area contributed by atoms with E-state index in [9.17, 15) is 0 Å². The second-order valence-electron chi connectivity index (χ2n) is 4.35. The zero-order valence-corrected chi connectivity index (χ0v) is 11.0. The highest BCUT2D eigenvalue weighted by molar-refractivity contribution is 5.87. The minimum absolute atomic E-state index is 0.151. The number of rotatable bonds is 4. The molecule has 3 aromatic rings. The smallest absolute Gasteiger partial charge is 0.241 e. The third kappa shape index (κ3) is 2.14. The first-order valence-electron chi connectivity index (χ1n) is 6.04. The molecule has 0 spiro atoms. The Labute approximate surface area is 114 Å². The lowest BCUT2D eigenvalue weighted by molar-refractivity contribution is 0.453. The Morgan fingerprint density at radius 1 is 1.35 bits per heavy atom. The number of anilines is 2. The van der Waals surface area contributed by atoms with Crippen LogP contribution in [0.1, 0.15) is 24.6 Å². The van der Waals surface area contributed by atoms with Gasteiger partial charge in [0, 0.05) is 0 Å². The molecule has 0 aliphatic rings. The molecular weight excluding hydrogens is 260 g/mol. The molecule has 5 N–H and O–H groups in total. The summed E-state index contributed by atoms with van der Waals surface area (Å²) in [5.74, 6) is 7.59. The fraction of sp³-hybridized carbons (Fsp3) is 0.273. The van der Waals surface area contributed by atoms with Crippen LogP contribution >= 0.6 is 0 Å². The average Bonchev–Trinajstić information content (AvgIpc) is 3.06. The Balaban J connectivity index is 1.95. The number of hydrogen-bond acceptors (Lipinski definition) is 8. The van der Waals surface area contributed by atoms with Gasteiger partial charge in [0.25, 0.3) is 0 Å². The van der Waals surface area contributed by atoms with Gasteiger partial charge in [-0.3, -0.25) is 10.5 Å². The molecule has 3 aromatic heterocycles. The number of nitrogens with one attached hydrogen (secondary N) is 3. The molecule has 0 aromatic carbocycles. The molecule has 0 saturated carbocycles. The van der Waals surface area contributed by atoms with Crippen molar-refractivity contribution in [2.75, 3.05) is 10.7 Å². The van der Waals surface area contributed by atoms with Crippen LogP contribution in [0.5, 0.6) is 0 Å². The van der Waals surface area contributed by atoms with Gasteiger partial charge in [-0.15, -0.1) is 0 Å². The standard InChI is InChI=1S/C11H14N8O/c1-5-3-13-10(20-5)6(2)15-8-7-4-14-19-9(7)17-11(16-8)18-12/h3-4,6H,12H2,1-2H3,(H3,14,15,16,17,18,19). The molecule has 9 nitrogen and oxygen atoms in total. The highest BCUT2D eigenvalue weighted by atomic mass is 16.4. The molecule has 3 heterocycles. The van der Waals surface area contributed by atoms with Crippen molar-refractivity contribution < 1.29 is 4.42 Å². The fourth-order valence-corrected chi connectivity index (χ4v) is 1.85. The molecule has 1 unspecified atom stereocenters. The van der Waals surface area contributed by atoms with E-state index in [0.717, 1.165) is 11.1 Å². The number of hydrazine groups is 1. The summed E-state index contributed by atoms with van der Waals surface area (Å²) < 4.78 is 5.49. The molecule has 0 aliphatic carbocycles. The molecule has 3 rings (SSSR count). The quantitative estimate of drug-likeness (QED) is 0.411. The van der Waals surface area contributed by atoms with E-state index in [4.69, 9.17) is 10.3 Å². The van der Waals surface area contributed by atoms with Crippen LogP contribution in [0.3, 0.4) is 0 Å². The minimum atomic E-state index is -0.151. The van der Waals surface area contributed by atoms with Gasteiger partial charge in [0.2, 0.25) is 11.8 Å². The monoisotopic (exact) mass is 274 g/mol. The second kappa shape index (κ2) is 4.78. The molecule has 0 aliphatic heterocycles. The van der Waals surface area contributed by atoms with Crippen LogP contribution in [0.2, 0.25) is 0 Å². The maximum atomic E-state index is 5.49. The number of nitrogens with zero attached hydrogens (tertiary/aromatic N) is 4. The van der Waals surface area contributed by atoms with E-state index in [1.54, 1.807) is 12.4 Å². The third-order valence-corrected chi connectivity index (χ3v) is 2.80. The van der Waals surface area contributed by atoms with E-state index in [-0.39, 0.29) is 6.04 Å². The number of nitrogen functional groups attached to an aromatic ring is 1. The predicted molar refractivity (Wildman–Crippen MR) is 72.8 cm³/mol. The highest BCUT2D eigenvalue weighted by Crippen LogP contribution is 2.24. The van der Waals surface area contributed by atoms with Crippen LogP contribution in [0.4, 0.5) is 11.8 Å². The summed E-state index contributed by atoms with van der Waals surface area (Å²) in [4.78, 5) is 12.6. The fourth-order valence-electron chi connectivity index (χ4n) is 1.85. The normalized spacial score (nSPS) is 12.6. The summed E-state index contributed by atoms with van der Waals surface area (Å²) in [5, 5.41) is 10.7.